The minimum absolute atomic E-state index is 0.349. The molecule has 0 bridgehead atoms. The van der Waals surface area contributed by atoms with Crippen molar-refractivity contribution in [3.8, 4) is 17.0 Å². The van der Waals surface area contributed by atoms with Gasteiger partial charge in [0.25, 0.3) is 0 Å². The highest BCUT2D eigenvalue weighted by Crippen LogP contribution is 2.38. The van der Waals surface area contributed by atoms with Crippen LogP contribution in [0.2, 0.25) is 0 Å². The van der Waals surface area contributed by atoms with Crippen molar-refractivity contribution in [2.45, 2.75) is 6.54 Å². The molecule has 5 heteroatoms. The number of nitrogens with zero attached hydrogens (tertiary/aromatic N) is 1. The standard InChI is InChI=1S/C14H14N2O3/c1-18-14(17)9-7-11-13-10(15)3-2-4-12(13)19-6-5-16(11)8-9/h2-4,7-8H,5-6,15H2,1H3. The van der Waals surface area contributed by atoms with Crippen LogP contribution in [0.1, 0.15) is 10.4 Å². The lowest BCUT2D eigenvalue weighted by Gasteiger charge is -2.09. The monoisotopic (exact) mass is 258 g/mol. The molecule has 2 aromatic rings. The normalized spacial score (nSPS) is 12.9. The van der Waals surface area contributed by atoms with Crippen LogP contribution in [-0.4, -0.2) is 24.3 Å². The molecule has 0 unspecified atom stereocenters. The molecular weight excluding hydrogens is 244 g/mol. The first-order valence-electron chi connectivity index (χ1n) is 6.01. The second-order valence-corrected chi connectivity index (χ2v) is 4.37. The lowest BCUT2D eigenvalue weighted by Crippen LogP contribution is -2.05. The number of ether oxygens (including phenoxy) is 2. The number of nitrogen functional groups attached to an aromatic ring is 1. The Morgan fingerprint density at radius 1 is 1.47 bits per heavy atom. The molecule has 3 rings (SSSR count). The molecule has 0 radical (unpaired) electrons. The number of carbonyl (C=O) groups excluding carboxylic acids is 1. The molecule has 1 aliphatic heterocycles. The molecule has 1 aliphatic rings. The van der Waals surface area contributed by atoms with Crippen molar-refractivity contribution in [3.63, 3.8) is 0 Å². The van der Waals surface area contributed by atoms with Gasteiger partial charge < -0.3 is 19.8 Å². The van der Waals surface area contributed by atoms with E-state index in [1.54, 1.807) is 12.3 Å². The lowest BCUT2D eigenvalue weighted by molar-refractivity contribution is 0.0600. The number of fused-ring (bicyclic) bond motifs is 3. The fourth-order valence-electron chi connectivity index (χ4n) is 2.33. The molecule has 0 fully saturated rings. The smallest absolute Gasteiger partial charge is 0.339 e. The minimum atomic E-state index is -0.349. The number of hydrogen-bond donors (Lipinski definition) is 1. The molecule has 0 atom stereocenters. The van der Waals surface area contributed by atoms with Gasteiger partial charge in [0.2, 0.25) is 0 Å². The number of carbonyl (C=O) groups is 1. The average molecular weight is 258 g/mol. The highest BCUT2D eigenvalue weighted by atomic mass is 16.5. The zero-order valence-corrected chi connectivity index (χ0v) is 10.6. The van der Waals surface area contributed by atoms with Crippen LogP contribution >= 0.6 is 0 Å². The molecule has 1 aromatic heterocycles. The average Bonchev–Trinajstić information content (AvgIpc) is 2.74. The van der Waals surface area contributed by atoms with Crippen molar-refractivity contribution in [1.82, 2.24) is 4.57 Å². The second-order valence-electron chi connectivity index (χ2n) is 4.37. The van der Waals surface area contributed by atoms with Crippen LogP contribution in [0.4, 0.5) is 5.69 Å². The number of benzene rings is 1. The zero-order chi connectivity index (χ0) is 13.4. The summed E-state index contributed by atoms with van der Waals surface area (Å²) in [6.07, 6.45) is 1.77. The number of anilines is 1. The van der Waals surface area contributed by atoms with E-state index in [1.807, 2.05) is 22.8 Å². The molecule has 19 heavy (non-hydrogen) atoms. The number of esters is 1. The first-order valence-corrected chi connectivity index (χ1v) is 6.01. The summed E-state index contributed by atoms with van der Waals surface area (Å²) in [6, 6.07) is 7.35. The van der Waals surface area contributed by atoms with Gasteiger partial charge in [-0.25, -0.2) is 4.79 Å². The molecule has 0 saturated heterocycles. The summed E-state index contributed by atoms with van der Waals surface area (Å²) in [5.41, 5.74) is 8.90. The van der Waals surface area contributed by atoms with Crippen molar-refractivity contribution in [1.29, 1.82) is 0 Å². The predicted molar refractivity (Wildman–Crippen MR) is 71.1 cm³/mol. The molecule has 1 aromatic carbocycles. The van der Waals surface area contributed by atoms with Crippen molar-refractivity contribution in [2.24, 2.45) is 0 Å². The number of hydrogen-bond acceptors (Lipinski definition) is 4. The third kappa shape index (κ3) is 1.83. The summed E-state index contributed by atoms with van der Waals surface area (Å²) >= 11 is 0. The summed E-state index contributed by atoms with van der Waals surface area (Å²) in [6.45, 7) is 1.21. The van der Waals surface area contributed by atoms with Crippen LogP contribution < -0.4 is 10.5 Å². The third-order valence-corrected chi connectivity index (χ3v) is 3.22. The summed E-state index contributed by atoms with van der Waals surface area (Å²) in [5, 5.41) is 0. The molecule has 5 nitrogen and oxygen atoms in total. The van der Waals surface area contributed by atoms with Gasteiger partial charge in [0, 0.05) is 11.9 Å². The van der Waals surface area contributed by atoms with Crippen molar-refractivity contribution in [2.75, 3.05) is 19.5 Å². The minimum Gasteiger partial charge on any atom is -0.491 e. The van der Waals surface area contributed by atoms with Gasteiger partial charge in [-0.15, -0.1) is 0 Å². The maximum atomic E-state index is 11.6. The van der Waals surface area contributed by atoms with E-state index in [4.69, 9.17) is 15.2 Å². The van der Waals surface area contributed by atoms with Crippen molar-refractivity contribution in [3.05, 3.63) is 36.0 Å². The van der Waals surface area contributed by atoms with Crippen molar-refractivity contribution >= 4 is 11.7 Å². The van der Waals surface area contributed by atoms with Gasteiger partial charge in [0.15, 0.2) is 0 Å². The van der Waals surface area contributed by atoms with E-state index in [-0.39, 0.29) is 5.97 Å². The molecule has 2 N–H and O–H groups in total. The maximum absolute atomic E-state index is 11.6. The fourth-order valence-corrected chi connectivity index (χ4v) is 2.33. The van der Waals surface area contributed by atoms with Crippen LogP contribution in [0, 0.1) is 0 Å². The van der Waals surface area contributed by atoms with E-state index in [0.717, 1.165) is 17.0 Å². The van der Waals surface area contributed by atoms with Crippen LogP contribution in [0.25, 0.3) is 11.3 Å². The molecule has 0 aliphatic carbocycles. The molecule has 0 amide bonds. The Morgan fingerprint density at radius 3 is 3.11 bits per heavy atom. The van der Waals surface area contributed by atoms with E-state index in [9.17, 15) is 4.79 Å². The predicted octanol–water partition coefficient (Wildman–Crippen LogP) is 1.92. The van der Waals surface area contributed by atoms with Gasteiger partial charge >= 0.3 is 5.97 Å². The van der Waals surface area contributed by atoms with Crippen LogP contribution in [0.15, 0.2) is 30.5 Å². The van der Waals surface area contributed by atoms with Gasteiger partial charge in [-0.05, 0) is 18.2 Å². The quantitative estimate of drug-likeness (QED) is 0.627. The van der Waals surface area contributed by atoms with E-state index < -0.39 is 0 Å². The largest absolute Gasteiger partial charge is 0.491 e. The Labute approximate surface area is 110 Å². The summed E-state index contributed by atoms with van der Waals surface area (Å²) in [4.78, 5) is 11.6. The molecule has 2 heterocycles. The Kier molecular flexibility index (Phi) is 2.67. The van der Waals surface area contributed by atoms with Crippen LogP contribution in [0.3, 0.4) is 0 Å². The van der Waals surface area contributed by atoms with Gasteiger partial charge in [0.05, 0.1) is 30.5 Å². The van der Waals surface area contributed by atoms with E-state index in [2.05, 4.69) is 0 Å². The highest BCUT2D eigenvalue weighted by Gasteiger charge is 2.21. The van der Waals surface area contributed by atoms with Gasteiger partial charge in [0.1, 0.15) is 12.4 Å². The Balaban J connectivity index is 2.20. The summed E-state index contributed by atoms with van der Waals surface area (Å²) < 4.78 is 12.4. The van der Waals surface area contributed by atoms with E-state index >= 15 is 0 Å². The van der Waals surface area contributed by atoms with Gasteiger partial charge in [-0.3, -0.25) is 0 Å². The number of rotatable bonds is 1. The Morgan fingerprint density at radius 2 is 2.32 bits per heavy atom. The topological polar surface area (TPSA) is 66.5 Å². The first kappa shape index (κ1) is 11.6. The molecular formula is C14H14N2O3. The van der Waals surface area contributed by atoms with Crippen LogP contribution in [0.5, 0.6) is 5.75 Å². The van der Waals surface area contributed by atoms with Gasteiger partial charge in [-0.1, -0.05) is 6.07 Å². The highest BCUT2D eigenvalue weighted by molar-refractivity contribution is 5.92. The second kappa shape index (κ2) is 4.35. The summed E-state index contributed by atoms with van der Waals surface area (Å²) in [5.74, 6) is 0.394. The van der Waals surface area contributed by atoms with Gasteiger partial charge in [-0.2, -0.15) is 0 Å². The van der Waals surface area contributed by atoms with Crippen molar-refractivity contribution < 1.29 is 14.3 Å². The summed E-state index contributed by atoms with van der Waals surface area (Å²) in [7, 11) is 1.37. The lowest BCUT2D eigenvalue weighted by atomic mass is 10.1. The van der Waals surface area contributed by atoms with E-state index in [0.29, 0.717) is 24.4 Å². The molecule has 98 valence electrons. The zero-order valence-electron chi connectivity index (χ0n) is 10.6. The van der Waals surface area contributed by atoms with Crippen LogP contribution in [-0.2, 0) is 11.3 Å². The number of nitrogens with two attached hydrogens (primary N) is 1. The number of aromatic nitrogens is 1. The third-order valence-electron chi connectivity index (χ3n) is 3.22. The first-order chi connectivity index (χ1) is 9.20. The Hall–Kier alpha value is -2.43. The Bertz CT molecular complexity index is 646. The number of methoxy groups -OCH3 is 1. The molecule has 0 saturated carbocycles. The molecule has 0 spiro atoms. The van der Waals surface area contributed by atoms with E-state index in [1.165, 1.54) is 7.11 Å². The SMILES string of the molecule is COC(=O)c1cc2n(c1)CCOc1cccc(N)c1-2. The maximum Gasteiger partial charge on any atom is 0.339 e. The fraction of sp³-hybridized carbons (Fsp3) is 0.214.